The Kier molecular flexibility index (Phi) is 6.60. The number of aromatic nitrogens is 4. The summed E-state index contributed by atoms with van der Waals surface area (Å²) in [4.78, 5) is 20.4. The van der Waals surface area contributed by atoms with Crippen molar-refractivity contribution in [1.82, 2.24) is 24.5 Å². The van der Waals surface area contributed by atoms with Gasteiger partial charge in [-0.3, -0.25) is 9.78 Å². The van der Waals surface area contributed by atoms with Crippen LogP contribution in [0.3, 0.4) is 0 Å². The lowest BCUT2D eigenvalue weighted by molar-refractivity contribution is 0.111. The van der Waals surface area contributed by atoms with Gasteiger partial charge in [0, 0.05) is 22.3 Å². The van der Waals surface area contributed by atoms with Crippen LogP contribution in [0, 0.1) is 0 Å². The fourth-order valence-corrected chi connectivity index (χ4v) is 4.35. The molecule has 33 heavy (non-hydrogen) atoms. The van der Waals surface area contributed by atoms with E-state index in [-0.39, 0.29) is 10.8 Å². The van der Waals surface area contributed by atoms with Gasteiger partial charge in [0.25, 0.3) is 0 Å². The van der Waals surface area contributed by atoms with E-state index in [4.69, 9.17) is 4.98 Å². The van der Waals surface area contributed by atoms with E-state index in [2.05, 4.69) is 21.7 Å². The molecule has 0 aliphatic rings. The molecule has 0 bridgehead atoms. The van der Waals surface area contributed by atoms with Gasteiger partial charge < -0.3 is 4.55 Å². The summed E-state index contributed by atoms with van der Waals surface area (Å²) in [5.74, 6) is 0.577. The summed E-state index contributed by atoms with van der Waals surface area (Å²) in [6.45, 7) is 7.90. The summed E-state index contributed by atoms with van der Waals surface area (Å²) in [5, 5.41) is 5.42. The molecule has 1 N–H and O–H groups in total. The molecule has 170 valence electrons. The van der Waals surface area contributed by atoms with Crippen LogP contribution >= 0.6 is 0 Å². The Morgan fingerprint density at radius 2 is 1.91 bits per heavy atom. The summed E-state index contributed by atoms with van der Waals surface area (Å²) in [5.41, 5.74) is 3.83. The van der Waals surface area contributed by atoms with Crippen LogP contribution in [-0.2, 0) is 11.4 Å². The number of carbonyl (C=O) groups is 1. The molecular weight excluding hydrogens is 434 g/mol. The van der Waals surface area contributed by atoms with Crippen molar-refractivity contribution in [2.75, 3.05) is 0 Å². The van der Waals surface area contributed by atoms with Crippen LogP contribution < -0.4 is 4.72 Å². The fourth-order valence-electron chi connectivity index (χ4n) is 3.45. The number of rotatable bonds is 7. The summed E-state index contributed by atoms with van der Waals surface area (Å²) in [6.07, 6.45) is 3.26. The highest BCUT2D eigenvalue weighted by Gasteiger charge is 2.29. The maximum atomic E-state index is 12.6. The van der Waals surface area contributed by atoms with Gasteiger partial charge in [-0.25, -0.2) is 9.67 Å². The highest BCUT2D eigenvalue weighted by molar-refractivity contribution is 7.90. The Balaban J connectivity index is 1.70. The topological polar surface area (TPSA) is 95.8 Å². The van der Waals surface area contributed by atoms with Crippen LogP contribution in [0.25, 0.3) is 28.0 Å². The van der Waals surface area contributed by atoms with E-state index in [0.717, 1.165) is 40.6 Å². The number of hydrogen-bond acceptors (Lipinski definition) is 6. The number of hydrogen-bond donors (Lipinski definition) is 1. The zero-order valence-corrected chi connectivity index (χ0v) is 20.0. The molecule has 8 heteroatoms. The second-order valence-corrected chi connectivity index (χ2v) is 10.8. The number of nitrogens with one attached hydrogen (secondary N) is 1. The molecule has 0 saturated carbocycles. The molecular formula is C25H27N5O2S. The maximum absolute atomic E-state index is 12.6. The lowest BCUT2D eigenvalue weighted by Crippen LogP contribution is -2.41. The third kappa shape index (κ3) is 4.98. The first-order valence-electron chi connectivity index (χ1n) is 10.9. The standard InChI is InChI=1S/C25H27N5O2S/c1-5-20(29-33(32)25(2,3)4)22-10-7-9-21(28-22)17-12-13-18-15-26-30(23(18)14-17)24-11-6-8-19(16-31)27-24/h6-16,20,29H,5H2,1-4H3/t20-,33-/m0/s1. The summed E-state index contributed by atoms with van der Waals surface area (Å²) >= 11 is -1.19. The first-order valence-corrected chi connectivity index (χ1v) is 12.0. The largest absolute Gasteiger partial charge is 0.598 e. The smallest absolute Gasteiger partial charge is 0.168 e. The predicted octanol–water partition coefficient (Wildman–Crippen LogP) is 4.80. The van der Waals surface area contributed by atoms with Gasteiger partial charge in [0.05, 0.1) is 29.1 Å². The number of fused-ring (bicyclic) bond motifs is 1. The van der Waals surface area contributed by atoms with Gasteiger partial charge in [0.2, 0.25) is 0 Å². The zero-order chi connectivity index (χ0) is 23.6. The molecule has 4 rings (SSSR count). The molecule has 0 saturated heterocycles. The van der Waals surface area contributed by atoms with Crippen LogP contribution in [-0.4, -0.2) is 35.3 Å². The van der Waals surface area contributed by atoms with Crippen molar-refractivity contribution >= 4 is 28.6 Å². The van der Waals surface area contributed by atoms with Crippen molar-refractivity contribution in [2.24, 2.45) is 0 Å². The lowest BCUT2D eigenvalue weighted by atomic mass is 10.1. The van der Waals surface area contributed by atoms with Gasteiger partial charge in [-0.1, -0.05) is 31.2 Å². The molecule has 2 atom stereocenters. The van der Waals surface area contributed by atoms with Gasteiger partial charge in [-0.05, 0) is 57.5 Å². The molecule has 7 nitrogen and oxygen atoms in total. The van der Waals surface area contributed by atoms with Gasteiger partial charge >= 0.3 is 0 Å². The average molecular weight is 462 g/mol. The average Bonchev–Trinajstić information content (AvgIpc) is 3.25. The zero-order valence-electron chi connectivity index (χ0n) is 19.1. The van der Waals surface area contributed by atoms with Crippen molar-refractivity contribution in [1.29, 1.82) is 0 Å². The highest BCUT2D eigenvalue weighted by Crippen LogP contribution is 2.27. The predicted molar refractivity (Wildman–Crippen MR) is 132 cm³/mol. The van der Waals surface area contributed by atoms with Gasteiger partial charge in [-0.2, -0.15) is 5.10 Å². The second kappa shape index (κ2) is 9.43. The number of nitrogens with zero attached hydrogens (tertiary/aromatic N) is 4. The maximum Gasteiger partial charge on any atom is 0.168 e. The van der Waals surface area contributed by atoms with E-state index in [1.807, 2.05) is 63.2 Å². The fraction of sp³-hybridized carbons (Fsp3) is 0.280. The third-order valence-corrected chi connectivity index (χ3v) is 6.91. The Morgan fingerprint density at radius 1 is 1.12 bits per heavy atom. The van der Waals surface area contributed by atoms with Crippen LogP contribution in [0.5, 0.6) is 0 Å². The van der Waals surface area contributed by atoms with Crippen molar-refractivity contribution < 1.29 is 9.35 Å². The van der Waals surface area contributed by atoms with Gasteiger partial charge in [0.15, 0.2) is 12.1 Å². The van der Waals surface area contributed by atoms with Crippen LogP contribution in [0.15, 0.2) is 60.8 Å². The summed E-state index contributed by atoms with van der Waals surface area (Å²) in [7, 11) is 0. The molecule has 4 aromatic rings. The molecule has 0 aliphatic carbocycles. The van der Waals surface area contributed by atoms with Crippen molar-refractivity contribution in [3.8, 4) is 17.1 Å². The minimum Gasteiger partial charge on any atom is -0.598 e. The molecule has 0 radical (unpaired) electrons. The van der Waals surface area contributed by atoms with E-state index in [1.165, 1.54) is 0 Å². The lowest BCUT2D eigenvalue weighted by Gasteiger charge is -2.27. The Hall–Kier alpha value is -3.07. The van der Waals surface area contributed by atoms with E-state index < -0.39 is 11.4 Å². The van der Waals surface area contributed by atoms with Crippen molar-refractivity contribution in [3.63, 3.8) is 0 Å². The highest BCUT2D eigenvalue weighted by atomic mass is 32.2. The third-order valence-electron chi connectivity index (χ3n) is 5.30. The first kappa shape index (κ1) is 23.1. The molecule has 0 unspecified atom stereocenters. The van der Waals surface area contributed by atoms with E-state index >= 15 is 0 Å². The molecule has 3 aromatic heterocycles. The Bertz CT molecular complexity index is 1280. The summed E-state index contributed by atoms with van der Waals surface area (Å²) in [6, 6.07) is 17.1. The van der Waals surface area contributed by atoms with Crippen molar-refractivity contribution in [3.05, 3.63) is 72.2 Å². The monoisotopic (exact) mass is 461 g/mol. The minimum atomic E-state index is -1.19. The molecule has 0 fully saturated rings. The SMILES string of the molecule is CC[C@H](N[S@@+]([O-])C(C)(C)C)c1cccc(-c2ccc3cnn(-c4cccc(C=O)n4)c3c2)n1. The van der Waals surface area contributed by atoms with Crippen LogP contribution in [0.1, 0.15) is 56.3 Å². The van der Waals surface area contributed by atoms with E-state index in [0.29, 0.717) is 11.5 Å². The van der Waals surface area contributed by atoms with Gasteiger partial charge in [0.1, 0.15) is 10.4 Å². The first-order chi connectivity index (χ1) is 15.8. The quantitative estimate of drug-likeness (QED) is 0.314. The Morgan fingerprint density at radius 3 is 2.64 bits per heavy atom. The molecule has 3 heterocycles. The summed E-state index contributed by atoms with van der Waals surface area (Å²) < 4.78 is 17.2. The van der Waals surface area contributed by atoms with Gasteiger partial charge in [-0.15, -0.1) is 4.72 Å². The second-order valence-electron chi connectivity index (χ2n) is 8.78. The minimum absolute atomic E-state index is 0.116. The normalized spacial score (nSPS) is 13.7. The molecule has 0 amide bonds. The number of carbonyl (C=O) groups excluding carboxylic acids is 1. The van der Waals surface area contributed by atoms with E-state index in [9.17, 15) is 9.35 Å². The number of aldehydes is 1. The van der Waals surface area contributed by atoms with Crippen molar-refractivity contribution in [2.45, 2.75) is 44.9 Å². The Labute approximate surface area is 196 Å². The van der Waals surface area contributed by atoms with Crippen LogP contribution in [0.2, 0.25) is 0 Å². The van der Waals surface area contributed by atoms with E-state index in [1.54, 1.807) is 23.0 Å². The number of benzene rings is 1. The molecule has 0 spiro atoms. The molecule has 1 aromatic carbocycles. The number of pyridine rings is 2. The molecule has 0 aliphatic heterocycles. The van der Waals surface area contributed by atoms with Crippen LogP contribution in [0.4, 0.5) is 0 Å².